The fraction of sp³-hybridized carbons (Fsp3) is 0.174. The molecule has 28 heavy (non-hydrogen) atoms. The number of para-hydroxylation sites is 1. The molecule has 0 aliphatic rings. The van der Waals surface area contributed by atoms with Gasteiger partial charge in [0.2, 0.25) is 0 Å². The Labute approximate surface area is 165 Å². The summed E-state index contributed by atoms with van der Waals surface area (Å²) in [4.78, 5) is 12.0. The summed E-state index contributed by atoms with van der Waals surface area (Å²) in [6.07, 6.45) is 2.16. The Balaban J connectivity index is 1.41. The summed E-state index contributed by atoms with van der Waals surface area (Å²) in [5.41, 5.74) is 1.95. The highest BCUT2D eigenvalue weighted by atomic mass is 16.5. The van der Waals surface area contributed by atoms with E-state index >= 15 is 0 Å². The van der Waals surface area contributed by atoms with Crippen LogP contribution >= 0.6 is 0 Å². The molecule has 5 heteroatoms. The van der Waals surface area contributed by atoms with E-state index in [2.05, 4.69) is 17.6 Å². The molecule has 0 atom stereocenters. The number of nitrogens with one attached hydrogen (secondary N) is 2. The zero-order valence-corrected chi connectivity index (χ0v) is 15.9. The number of aryl methyl sites for hydroxylation is 1. The SMILES string of the molecule is CCCc1ccc(OCNC(=O)Nc2ccc(Oc3ccccc3)cc2)cc1. The van der Waals surface area contributed by atoms with Gasteiger partial charge < -0.3 is 20.1 Å². The maximum absolute atomic E-state index is 12.0. The van der Waals surface area contributed by atoms with Crippen LogP contribution in [0.3, 0.4) is 0 Å². The first kappa shape index (κ1) is 19.3. The Morgan fingerprint density at radius 1 is 0.821 bits per heavy atom. The molecule has 0 saturated carbocycles. The van der Waals surface area contributed by atoms with Gasteiger partial charge in [-0.25, -0.2) is 4.79 Å². The van der Waals surface area contributed by atoms with Crippen LogP contribution < -0.4 is 20.1 Å². The van der Waals surface area contributed by atoms with Crippen LogP contribution in [0.2, 0.25) is 0 Å². The number of hydrogen-bond donors (Lipinski definition) is 2. The standard InChI is InChI=1S/C23H24N2O3/c1-2-6-18-9-13-20(14-10-18)27-17-24-23(26)25-19-11-15-22(16-12-19)28-21-7-4-3-5-8-21/h3-5,7-16H,2,6,17H2,1H3,(H2,24,25,26). The Bertz CT molecular complexity index is 863. The third-order valence-corrected chi connectivity index (χ3v) is 4.02. The predicted molar refractivity (Wildman–Crippen MR) is 111 cm³/mol. The van der Waals surface area contributed by atoms with E-state index in [1.807, 2.05) is 54.6 Å². The lowest BCUT2D eigenvalue weighted by Crippen LogP contribution is -2.31. The van der Waals surface area contributed by atoms with Crippen LogP contribution in [-0.4, -0.2) is 12.8 Å². The fourth-order valence-electron chi connectivity index (χ4n) is 2.63. The molecule has 2 N–H and O–H groups in total. The number of carbonyl (C=O) groups excluding carboxylic acids is 1. The van der Waals surface area contributed by atoms with Gasteiger partial charge in [-0.05, 0) is 60.5 Å². The number of anilines is 1. The van der Waals surface area contributed by atoms with Crippen LogP contribution in [0.5, 0.6) is 17.2 Å². The number of benzene rings is 3. The summed E-state index contributed by atoms with van der Waals surface area (Å²) in [6.45, 7) is 2.24. The zero-order valence-electron chi connectivity index (χ0n) is 15.9. The molecule has 3 rings (SSSR count). The largest absolute Gasteiger partial charge is 0.473 e. The van der Waals surface area contributed by atoms with Crippen molar-refractivity contribution in [2.45, 2.75) is 19.8 Å². The highest BCUT2D eigenvalue weighted by Gasteiger charge is 2.03. The Morgan fingerprint density at radius 3 is 2.14 bits per heavy atom. The number of urea groups is 1. The van der Waals surface area contributed by atoms with Crippen LogP contribution in [0.15, 0.2) is 78.9 Å². The van der Waals surface area contributed by atoms with E-state index in [-0.39, 0.29) is 12.8 Å². The van der Waals surface area contributed by atoms with Crippen molar-refractivity contribution in [1.29, 1.82) is 0 Å². The van der Waals surface area contributed by atoms with Crippen molar-refractivity contribution in [2.24, 2.45) is 0 Å². The number of carbonyl (C=O) groups is 1. The minimum atomic E-state index is -0.334. The van der Waals surface area contributed by atoms with Gasteiger partial charge in [-0.1, -0.05) is 43.7 Å². The molecule has 0 heterocycles. The fourth-order valence-corrected chi connectivity index (χ4v) is 2.63. The van der Waals surface area contributed by atoms with Gasteiger partial charge in [0.25, 0.3) is 0 Å². The topological polar surface area (TPSA) is 59.6 Å². The first-order chi connectivity index (χ1) is 13.7. The van der Waals surface area contributed by atoms with Gasteiger partial charge in [0.1, 0.15) is 17.2 Å². The van der Waals surface area contributed by atoms with Crippen molar-refractivity contribution >= 4 is 11.7 Å². The Hall–Kier alpha value is -3.47. The molecule has 0 radical (unpaired) electrons. The van der Waals surface area contributed by atoms with E-state index in [9.17, 15) is 4.79 Å². The molecule has 0 aliphatic heterocycles. The quantitative estimate of drug-likeness (QED) is 0.504. The average Bonchev–Trinajstić information content (AvgIpc) is 2.72. The third-order valence-electron chi connectivity index (χ3n) is 4.02. The lowest BCUT2D eigenvalue weighted by Gasteiger charge is -2.10. The van der Waals surface area contributed by atoms with E-state index in [1.165, 1.54) is 5.56 Å². The van der Waals surface area contributed by atoms with Crippen molar-refractivity contribution in [1.82, 2.24) is 5.32 Å². The number of rotatable bonds is 8. The van der Waals surface area contributed by atoms with Gasteiger partial charge in [-0.2, -0.15) is 0 Å². The molecule has 0 saturated heterocycles. The van der Waals surface area contributed by atoms with Crippen molar-refractivity contribution in [3.63, 3.8) is 0 Å². The second kappa shape index (κ2) is 10.0. The van der Waals surface area contributed by atoms with Crippen molar-refractivity contribution in [3.8, 4) is 17.2 Å². The van der Waals surface area contributed by atoms with E-state index in [4.69, 9.17) is 9.47 Å². The predicted octanol–water partition coefficient (Wildman–Crippen LogP) is 5.59. The molecule has 144 valence electrons. The summed E-state index contributed by atoms with van der Waals surface area (Å²) in [5.74, 6) is 2.19. The smallest absolute Gasteiger partial charge is 0.321 e. The van der Waals surface area contributed by atoms with Crippen molar-refractivity contribution in [3.05, 3.63) is 84.4 Å². The maximum atomic E-state index is 12.0. The second-order valence-corrected chi connectivity index (χ2v) is 6.25. The number of ether oxygens (including phenoxy) is 2. The molecule has 0 fully saturated rings. The van der Waals surface area contributed by atoms with Crippen LogP contribution in [0.4, 0.5) is 10.5 Å². The first-order valence-corrected chi connectivity index (χ1v) is 9.32. The molecule has 0 aliphatic carbocycles. The lowest BCUT2D eigenvalue weighted by molar-refractivity contribution is 0.234. The van der Waals surface area contributed by atoms with Crippen LogP contribution in [-0.2, 0) is 6.42 Å². The van der Waals surface area contributed by atoms with Crippen molar-refractivity contribution < 1.29 is 14.3 Å². The van der Waals surface area contributed by atoms with E-state index in [0.29, 0.717) is 11.4 Å². The third kappa shape index (κ3) is 6.06. The first-order valence-electron chi connectivity index (χ1n) is 9.32. The second-order valence-electron chi connectivity index (χ2n) is 6.25. The van der Waals surface area contributed by atoms with E-state index < -0.39 is 0 Å². The maximum Gasteiger partial charge on any atom is 0.321 e. The molecule has 5 nitrogen and oxygen atoms in total. The Kier molecular flexibility index (Phi) is 6.90. The van der Waals surface area contributed by atoms with Gasteiger partial charge in [0.05, 0.1) is 0 Å². The number of amides is 2. The summed E-state index contributed by atoms with van der Waals surface area (Å²) in [5, 5.41) is 5.43. The van der Waals surface area contributed by atoms with Gasteiger partial charge in [-0.15, -0.1) is 0 Å². The average molecular weight is 376 g/mol. The lowest BCUT2D eigenvalue weighted by atomic mass is 10.1. The highest BCUT2D eigenvalue weighted by molar-refractivity contribution is 5.89. The highest BCUT2D eigenvalue weighted by Crippen LogP contribution is 2.22. The molecular weight excluding hydrogens is 352 g/mol. The van der Waals surface area contributed by atoms with E-state index in [1.54, 1.807) is 24.3 Å². The summed E-state index contributed by atoms with van der Waals surface area (Å²) < 4.78 is 11.3. The van der Waals surface area contributed by atoms with Crippen LogP contribution in [0.25, 0.3) is 0 Å². The molecule has 0 bridgehead atoms. The molecule has 2 amide bonds. The molecular formula is C23H24N2O3. The minimum Gasteiger partial charge on any atom is -0.473 e. The molecule has 0 aromatic heterocycles. The van der Waals surface area contributed by atoms with Crippen LogP contribution in [0, 0.1) is 0 Å². The molecule has 0 unspecified atom stereocenters. The summed E-state index contributed by atoms with van der Waals surface area (Å²) >= 11 is 0. The minimum absolute atomic E-state index is 0.0914. The van der Waals surface area contributed by atoms with Crippen molar-refractivity contribution in [2.75, 3.05) is 12.0 Å². The van der Waals surface area contributed by atoms with Crippen LogP contribution in [0.1, 0.15) is 18.9 Å². The van der Waals surface area contributed by atoms with Gasteiger partial charge in [0.15, 0.2) is 6.73 Å². The molecule has 3 aromatic carbocycles. The normalized spacial score (nSPS) is 10.2. The molecule has 0 spiro atoms. The number of hydrogen-bond acceptors (Lipinski definition) is 3. The van der Waals surface area contributed by atoms with Gasteiger partial charge >= 0.3 is 6.03 Å². The summed E-state index contributed by atoms with van der Waals surface area (Å²) in [6, 6.07) is 24.3. The van der Waals surface area contributed by atoms with Gasteiger partial charge in [0, 0.05) is 5.69 Å². The Morgan fingerprint density at radius 2 is 1.46 bits per heavy atom. The molecule has 3 aromatic rings. The summed E-state index contributed by atoms with van der Waals surface area (Å²) in [7, 11) is 0. The monoisotopic (exact) mass is 376 g/mol. The van der Waals surface area contributed by atoms with Gasteiger partial charge in [-0.3, -0.25) is 0 Å². The van der Waals surface area contributed by atoms with E-state index in [0.717, 1.165) is 24.3 Å². The zero-order chi connectivity index (χ0) is 19.6.